The molecule has 0 unspecified atom stereocenters. The molecular formula is C19H21NO4S. The fraction of sp³-hybridized carbons (Fsp3) is 0.316. The molecule has 0 N–H and O–H groups in total. The number of benzene rings is 2. The molecule has 0 atom stereocenters. The molecule has 5 nitrogen and oxygen atoms in total. The molecular weight excluding hydrogens is 338 g/mol. The maximum absolute atomic E-state index is 13.0. The number of ether oxygens (including phenoxy) is 1. The van der Waals surface area contributed by atoms with Gasteiger partial charge in [0.05, 0.1) is 17.1 Å². The minimum absolute atomic E-state index is 0.123. The van der Waals surface area contributed by atoms with Crippen molar-refractivity contribution in [1.29, 1.82) is 0 Å². The van der Waals surface area contributed by atoms with Gasteiger partial charge >= 0.3 is 5.97 Å². The first kappa shape index (κ1) is 17.6. The highest BCUT2D eigenvalue weighted by molar-refractivity contribution is 7.89. The quantitative estimate of drug-likeness (QED) is 0.770. The van der Waals surface area contributed by atoms with Crippen LogP contribution in [0.1, 0.15) is 34.8 Å². The molecule has 0 saturated heterocycles. The second-order valence-corrected chi connectivity index (χ2v) is 7.96. The summed E-state index contributed by atoms with van der Waals surface area (Å²) in [6, 6.07) is 13.9. The summed E-state index contributed by atoms with van der Waals surface area (Å²) in [5, 5.41) is 0. The van der Waals surface area contributed by atoms with Gasteiger partial charge in [-0.2, -0.15) is 4.31 Å². The Morgan fingerprint density at radius 2 is 1.88 bits per heavy atom. The summed E-state index contributed by atoms with van der Waals surface area (Å²) < 4.78 is 32.5. The Labute approximate surface area is 148 Å². The molecule has 0 amide bonds. The third kappa shape index (κ3) is 3.75. The molecule has 25 heavy (non-hydrogen) atoms. The Bertz CT molecular complexity index is 876. The Kier molecular flexibility index (Phi) is 5.20. The number of sulfonamides is 1. The van der Waals surface area contributed by atoms with Gasteiger partial charge in [0, 0.05) is 13.1 Å². The number of hydrogen-bond acceptors (Lipinski definition) is 4. The van der Waals surface area contributed by atoms with Gasteiger partial charge in [0.1, 0.15) is 0 Å². The van der Waals surface area contributed by atoms with E-state index in [0.29, 0.717) is 26.1 Å². The van der Waals surface area contributed by atoms with Crippen molar-refractivity contribution in [2.24, 2.45) is 0 Å². The SMILES string of the molecule is CCCOC(=O)c1cccc(S(=O)(=O)N2CCc3ccccc3C2)c1. The molecule has 0 aliphatic carbocycles. The van der Waals surface area contributed by atoms with Crippen molar-refractivity contribution in [3.8, 4) is 0 Å². The zero-order chi connectivity index (χ0) is 17.9. The zero-order valence-corrected chi connectivity index (χ0v) is 15.0. The molecule has 6 heteroatoms. The monoisotopic (exact) mass is 359 g/mol. The van der Waals surface area contributed by atoms with Gasteiger partial charge in [-0.05, 0) is 42.2 Å². The van der Waals surface area contributed by atoms with E-state index in [1.165, 1.54) is 22.0 Å². The number of hydrogen-bond donors (Lipinski definition) is 0. The summed E-state index contributed by atoms with van der Waals surface area (Å²) in [5.74, 6) is -0.497. The summed E-state index contributed by atoms with van der Waals surface area (Å²) in [7, 11) is -3.66. The molecule has 132 valence electrons. The van der Waals surface area contributed by atoms with E-state index in [4.69, 9.17) is 4.74 Å². The van der Waals surface area contributed by atoms with Crippen molar-refractivity contribution in [3.63, 3.8) is 0 Å². The van der Waals surface area contributed by atoms with Gasteiger partial charge in [-0.3, -0.25) is 0 Å². The summed E-state index contributed by atoms with van der Waals surface area (Å²) in [4.78, 5) is 12.1. The molecule has 0 radical (unpaired) electrons. The van der Waals surface area contributed by atoms with E-state index in [0.717, 1.165) is 12.0 Å². The molecule has 2 aromatic carbocycles. The second kappa shape index (κ2) is 7.37. The van der Waals surface area contributed by atoms with Crippen LogP contribution in [-0.2, 0) is 27.7 Å². The van der Waals surface area contributed by atoms with E-state index in [1.54, 1.807) is 12.1 Å². The lowest BCUT2D eigenvalue weighted by Gasteiger charge is -2.28. The van der Waals surface area contributed by atoms with Gasteiger partial charge in [-0.1, -0.05) is 37.3 Å². The maximum atomic E-state index is 13.0. The second-order valence-electron chi connectivity index (χ2n) is 6.02. The van der Waals surface area contributed by atoms with E-state index >= 15 is 0 Å². The first-order valence-corrected chi connectivity index (χ1v) is 9.80. The van der Waals surface area contributed by atoms with Gasteiger partial charge in [0.2, 0.25) is 10.0 Å². The highest BCUT2D eigenvalue weighted by Crippen LogP contribution is 2.25. The van der Waals surface area contributed by atoms with E-state index in [1.807, 2.05) is 31.2 Å². The van der Waals surface area contributed by atoms with Crippen molar-refractivity contribution < 1.29 is 17.9 Å². The van der Waals surface area contributed by atoms with Gasteiger partial charge in [0.15, 0.2) is 0 Å². The Hall–Kier alpha value is -2.18. The van der Waals surface area contributed by atoms with Crippen LogP contribution in [0.5, 0.6) is 0 Å². The van der Waals surface area contributed by atoms with Crippen LogP contribution in [0.25, 0.3) is 0 Å². The van der Waals surface area contributed by atoms with Crippen LogP contribution in [0.2, 0.25) is 0 Å². The number of nitrogens with zero attached hydrogens (tertiary/aromatic N) is 1. The molecule has 2 aromatic rings. The van der Waals surface area contributed by atoms with E-state index in [9.17, 15) is 13.2 Å². The summed E-state index contributed by atoms with van der Waals surface area (Å²) in [6.07, 6.45) is 1.41. The Morgan fingerprint density at radius 1 is 1.12 bits per heavy atom. The molecule has 1 aliphatic rings. The van der Waals surface area contributed by atoms with E-state index < -0.39 is 16.0 Å². The van der Waals surface area contributed by atoms with Crippen LogP contribution >= 0.6 is 0 Å². The fourth-order valence-electron chi connectivity index (χ4n) is 2.89. The van der Waals surface area contributed by atoms with Crippen molar-refractivity contribution >= 4 is 16.0 Å². The van der Waals surface area contributed by atoms with Gasteiger partial charge in [-0.15, -0.1) is 0 Å². The number of fused-ring (bicyclic) bond motifs is 1. The number of carbonyl (C=O) groups is 1. The number of esters is 1. The van der Waals surface area contributed by atoms with E-state index in [-0.39, 0.29) is 10.5 Å². The highest BCUT2D eigenvalue weighted by atomic mass is 32.2. The third-order valence-electron chi connectivity index (χ3n) is 4.24. The Balaban J connectivity index is 1.85. The van der Waals surface area contributed by atoms with Crippen molar-refractivity contribution in [2.45, 2.75) is 31.2 Å². The molecule has 0 aromatic heterocycles. The maximum Gasteiger partial charge on any atom is 0.338 e. The van der Waals surface area contributed by atoms with Crippen molar-refractivity contribution in [2.75, 3.05) is 13.2 Å². The highest BCUT2D eigenvalue weighted by Gasteiger charge is 2.28. The lowest BCUT2D eigenvalue weighted by Crippen LogP contribution is -2.36. The van der Waals surface area contributed by atoms with Gasteiger partial charge in [-0.25, -0.2) is 13.2 Å². The predicted molar refractivity (Wildman–Crippen MR) is 94.8 cm³/mol. The summed E-state index contributed by atoms with van der Waals surface area (Å²) in [6.45, 7) is 3.01. The van der Waals surface area contributed by atoms with Crippen LogP contribution in [0.4, 0.5) is 0 Å². The average Bonchev–Trinajstić information content (AvgIpc) is 2.65. The topological polar surface area (TPSA) is 63.7 Å². The molecule has 3 rings (SSSR count). The summed E-state index contributed by atoms with van der Waals surface area (Å²) in [5.41, 5.74) is 2.47. The van der Waals surface area contributed by atoms with Crippen LogP contribution in [0.3, 0.4) is 0 Å². The van der Waals surface area contributed by atoms with Crippen LogP contribution in [0, 0.1) is 0 Å². The lowest BCUT2D eigenvalue weighted by atomic mass is 10.0. The van der Waals surface area contributed by atoms with Crippen LogP contribution in [-0.4, -0.2) is 31.8 Å². The molecule has 0 fully saturated rings. The van der Waals surface area contributed by atoms with Crippen molar-refractivity contribution in [1.82, 2.24) is 4.31 Å². The molecule has 1 aliphatic heterocycles. The normalized spacial score (nSPS) is 14.8. The standard InChI is InChI=1S/C19H21NO4S/c1-2-12-24-19(21)16-8-5-9-18(13-16)25(22,23)20-11-10-15-6-3-4-7-17(15)14-20/h3-9,13H,2,10-12,14H2,1H3. The number of rotatable bonds is 5. The summed E-state index contributed by atoms with van der Waals surface area (Å²) >= 11 is 0. The van der Waals surface area contributed by atoms with Crippen molar-refractivity contribution in [3.05, 3.63) is 65.2 Å². The minimum Gasteiger partial charge on any atom is -0.462 e. The fourth-order valence-corrected chi connectivity index (χ4v) is 4.35. The average molecular weight is 359 g/mol. The Morgan fingerprint density at radius 3 is 2.64 bits per heavy atom. The molecule has 1 heterocycles. The molecule has 0 saturated carbocycles. The van der Waals surface area contributed by atoms with Gasteiger partial charge in [0.25, 0.3) is 0 Å². The minimum atomic E-state index is -3.66. The van der Waals surface area contributed by atoms with Crippen LogP contribution in [0.15, 0.2) is 53.4 Å². The first-order valence-electron chi connectivity index (χ1n) is 8.36. The van der Waals surface area contributed by atoms with Crippen LogP contribution < -0.4 is 0 Å². The largest absolute Gasteiger partial charge is 0.462 e. The van der Waals surface area contributed by atoms with Gasteiger partial charge < -0.3 is 4.74 Å². The molecule has 0 spiro atoms. The zero-order valence-electron chi connectivity index (χ0n) is 14.1. The first-order chi connectivity index (χ1) is 12.0. The third-order valence-corrected chi connectivity index (χ3v) is 6.08. The molecule has 0 bridgehead atoms. The smallest absolute Gasteiger partial charge is 0.338 e. The lowest BCUT2D eigenvalue weighted by molar-refractivity contribution is 0.0505. The van der Waals surface area contributed by atoms with E-state index in [2.05, 4.69) is 0 Å². The number of carbonyl (C=O) groups excluding carboxylic acids is 1. The predicted octanol–water partition coefficient (Wildman–Crippen LogP) is 3.00.